The highest BCUT2D eigenvalue weighted by atomic mass is 32.1. The lowest BCUT2D eigenvalue weighted by Crippen LogP contribution is -2.40. The molecule has 0 saturated carbocycles. The van der Waals surface area contributed by atoms with Gasteiger partial charge in [0.05, 0.1) is 34.6 Å². The number of esters is 1. The molecule has 2 heterocycles. The Kier molecular flexibility index (Phi) is 7.46. The van der Waals surface area contributed by atoms with Crippen molar-refractivity contribution in [2.45, 2.75) is 39.8 Å². The van der Waals surface area contributed by atoms with Crippen LogP contribution in [0.25, 0.3) is 12.2 Å². The Morgan fingerprint density at radius 1 is 1.14 bits per heavy atom. The van der Waals surface area contributed by atoms with Crippen molar-refractivity contribution in [2.24, 2.45) is 4.99 Å². The van der Waals surface area contributed by atoms with Gasteiger partial charge in [0.2, 0.25) is 0 Å². The predicted octanol–water partition coefficient (Wildman–Crippen LogP) is 4.25. The van der Waals surface area contributed by atoms with E-state index in [9.17, 15) is 9.59 Å². The van der Waals surface area contributed by atoms with Crippen molar-refractivity contribution < 1.29 is 14.3 Å². The SMILES string of the molecule is CCOc1ccc(C2C(C(=O)OC(C)C)=C(C)N=c3s/c(=C\C=C\c4ccccc4)c(=O)n32)cc1. The zero-order valence-corrected chi connectivity index (χ0v) is 21.0. The molecule has 6 nitrogen and oxygen atoms in total. The van der Waals surface area contributed by atoms with Crippen LogP contribution < -0.4 is 19.6 Å². The Morgan fingerprint density at radius 2 is 1.86 bits per heavy atom. The van der Waals surface area contributed by atoms with E-state index in [1.807, 2.05) is 73.7 Å². The third-order valence-corrected chi connectivity index (χ3v) is 6.43. The van der Waals surface area contributed by atoms with Crippen molar-refractivity contribution in [3.05, 3.63) is 103 Å². The second-order valence-corrected chi connectivity index (χ2v) is 9.34. The molecular formula is C28H28N2O4S. The molecule has 0 saturated heterocycles. The molecule has 0 aliphatic carbocycles. The molecule has 180 valence electrons. The van der Waals surface area contributed by atoms with Crippen LogP contribution in [0.1, 0.15) is 44.9 Å². The lowest BCUT2D eigenvalue weighted by atomic mass is 9.96. The number of allylic oxidation sites excluding steroid dienone is 2. The molecule has 4 rings (SSSR count). The van der Waals surface area contributed by atoms with Gasteiger partial charge in [0.1, 0.15) is 5.75 Å². The molecule has 7 heteroatoms. The Labute approximate surface area is 208 Å². The predicted molar refractivity (Wildman–Crippen MR) is 139 cm³/mol. The topological polar surface area (TPSA) is 69.9 Å². The number of hydrogen-bond donors (Lipinski definition) is 0. The van der Waals surface area contributed by atoms with Gasteiger partial charge in [-0.05, 0) is 57.0 Å². The van der Waals surface area contributed by atoms with Crippen LogP contribution in [0.4, 0.5) is 0 Å². The van der Waals surface area contributed by atoms with Crippen molar-refractivity contribution in [2.75, 3.05) is 6.61 Å². The van der Waals surface area contributed by atoms with Gasteiger partial charge in [-0.2, -0.15) is 0 Å². The highest BCUT2D eigenvalue weighted by molar-refractivity contribution is 7.07. The second kappa shape index (κ2) is 10.7. The van der Waals surface area contributed by atoms with Crippen molar-refractivity contribution in [1.82, 2.24) is 4.57 Å². The summed E-state index contributed by atoms with van der Waals surface area (Å²) in [5, 5.41) is 0. The monoisotopic (exact) mass is 488 g/mol. The summed E-state index contributed by atoms with van der Waals surface area (Å²) in [5.74, 6) is 0.250. The third-order valence-electron chi connectivity index (χ3n) is 5.43. The molecule has 1 unspecified atom stereocenters. The van der Waals surface area contributed by atoms with Gasteiger partial charge >= 0.3 is 5.97 Å². The standard InChI is InChI=1S/C28H28N2O4S/c1-5-33-22-16-14-21(15-17-22)25-24(27(32)34-18(2)3)19(4)29-28-30(25)26(31)23(35-28)13-9-12-20-10-7-6-8-11-20/h6-18,25H,5H2,1-4H3/b12-9+,23-13-. The first-order chi connectivity index (χ1) is 16.9. The van der Waals surface area contributed by atoms with Crippen LogP contribution in [0, 0.1) is 0 Å². The van der Waals surface area contributed by atoms with Gasteiger partial charge < -0.3 is 9.47 Å². The molecule has 0 bridgehead atoms. The zero-order valence-electron chi connectivity index (χ0n) is 20.2. The number of carbonyl (C=O) groups excluding carboxylic acids is 1. The highest BCUT2D eigenvalue weighted by Gasteiger charge is 2.33. The van der Waals surface area contributed by atoms with Crippen molar-refractivity contribution in [3.8, 4) is 5.75 Å². The van der Waals surface area contributed by atoms with Gasteiger partial charge in [-0.3, -0.25) is 9.36 Å². The minimum Gasteiger partial charge on any atom is -0.494 e. The molecular weight excluding hydrogens is 460 g/mol. The van der Waals surface area contributed by atoms with Crippen LogP contribution in [-0.2, 0) is 9.53 Å². The molecule has 1 aliphatic heterocycles. The maximum absolute atomic E-state index is 13.6. The zero-order chi connectivity index (χ0) is 24.9. The molecule has 2 aromatic carbocycles. The van der Waals surface area contributed by atoms with Crippen LogP contribution in [-0.4, -0.2) is 23.2 Å². The summed E-state index contributed by atoms with van der Waals surface area (Å²) in [4.78, 5) is 31.9. The van der Waals surface area contributed by atoms with Gasteiger partial charge in [-0.25, -0.2) is 9.79 Å². The summed E-state index contributed by atoms with van der Waals surface area (Å²) in [5.41, 5.74) is 2.53. The normalized spacial score (nSPS) is 15.9. The van der Waals surface area contributed by atoms with E-state index < -0.39 is 12.0 Å². The van der Waals surface area contributed by atoms with Crippen molar-refractivity contribution in [1.29, 1.82) is 0 Å². The minimum absolute atomic E-state index is 0.201. The molecule has 1 aliphatic rings. The van der Waals surface area contributed by atoms with E-state index in [0.717, 1.165) is 16.9 Å². The van der Waals surface area contributed by atoms with E-state index >= 15 is 0 Å². The van der Waals surface area contributed by atoms with Crippen molar-refractivity contribution >= 4 is 29.5 Å². The summed E-state index contributed by atoms with van der Waals surface area (Å²) in [7, 11) is 0. The van der Waals surface area contributed by atoms with E-state index in [-0.39, 0.29) is 11.7 Å². The summed E-state index contributed by atoms with van der Waals surface area (Å²) < 4.78 is 13.2. The lowest BCUT2D eigenvalue weighted by molar-refractivity contribution is -0.143. The van der Waals surface area contributed by atoms with E-state index in [4.69, 9.17) is 9.47 Å². The first kappa shape index (κ1) is 24.4. The minimum atomic E-state index is -0.645. The van der Waals surface area contributed by atoms with Gasteiger partial charge in [0.15, 0.2) is 4.80 Å². The Morgan fingerprint density at radius 3 is 2.51 bits per heavy atom. The summed E-state index contributed by atoms with van der Waals surface area (Å²) in [6.45, 7) is 7.85. The number of carbonyl (C=O) groups is 1. The number of nitrogens with zero attached hydrogens (tertiary/aromatic N) is 2. The first-order valence-corrected chi connectivity index (χ1v) is 12.4. The molecule has 35 heavy (non-hydrogen) atoms. The molecule has 0 spiro atoms. The summed E-state index contributed by atoms with van der Waals surface area (Å²) in [6, 6.07) is 16.7. The average molecular weight is 489 g/mol. The summed E-state index contributed by atoms with van der Waals surface area (Å²) in [6.07, 6.45) is 5.29. The quantitative estimate of drug-likeness (QED) is 0.466. The number of thiazole rings is 1. The van der Waals surface area contributed by atoms with Crippen LogP contribution in [0.2, 0.25) is 0 Å². The average Bonchev–Trinajstić information content (AvgIpc) is 3.14. The van der Waals surface area contributed by atoms with Gasteiger partial charge in [-0.1, -0.05) is 66.0 Å². The fourth-order valence-electron chi connectivity index (χ4n) is 3.91. The largest absolute Gasteiger partial charge is 0.494 e. The molecule has 0 amide bonds. The van der Waals surface area contributed by atoms with E-state index in [1.54, 1.807) is 31.4 Å². The number of benzene rings is 2. The molecule has 1 atom stereocenters. The van der Waals surface area contributed by atoms with Crippen LogP contribution in [0.5, 0.6) is 5.75 Å². The molecule has 3 aromatic rings. The lowest BCUT2D eigenvalue weighted by Gasteiger charge is -2.25. The van der Waals surface area contributed by atoms with Crippen LogP contribution >= 0.6 is 11.3 Å². The van der Waals surface area contributed by atoms with Crippen molar-refractivity contribution in [3.63, 3.8) is 0 Å². The number of aromatic nitrogens is 1. The smallest absolute Gasteiger partial charge is 0.338 e. The molecule has 0 fully saturated rings. The molecule has 1 aromatic heterocycles. The van der Waals surface area contributed by atoms with E-state index in [2.05, 4.69) is 4.99 Å². The number of fused-ring (bicyclic) bond motifs is 1. The fraction of sp³-hybridized carbons (Fsp3) is 0.250. The maximum atomic E-state index is 13.6. The number of hydrogen-bond acceptors (Lipinski definition) is 6. The first-order valence-electron chi connectivity index (χ1n) is 11.6. The van der Waals surface area contributed by atoms with Gasteiger partial charge in [-0.15, -0.1) is 0 Å². The Bertz CT molecular complexity index is 1450. The van der Waals surface area contributed by atoms with Crippen LogP contribution in [0.15, 0.2) is 81.7 Å². The highest BCUT2D eigenvalue weighted by Crippen LogP contribution is 2.31. The van der Waals surface area contributed by atoms with Gasteiger partial charge in [0.25, 0.3) is 5.56 Å². The third kappa shape index (κ3) is 5.35. The number of ether oxygens (including phenoxy) is 2. The Hall–Kier alpha value is -3.71. The van der Waals surface area contributed by atoms with Crippen LogP contribution in [0.3, 0.4) is 0 Å². The summed E-state index contributed by atoms with van der Waals surface area (Å²) >= 11 is 1.30. The molecule has 0 N–H and O–H groups in total. The van der Waals surface area contributed by atoms with E-state index in [0.29, 0.717) is 27.2 Å². The van der Waals surface area contributed by atoms with Gasteiger partial charge in [0, 0.05) is 0 Å². The number of rotatable bonds is 7. The second-order valence-electron chi connectivity index (χ2n) is 8.33. The van der Waals surface area contributed by atoms with E-state index in [1.165, 1.54) is 11.3 Å². The maximum Gasteiger partial charge on any atom is 0.338 e. The fourth-order valence-corrected chi connectivity index (χ4v) is 4.91. The Balaban J connectivity index is 1.83. The molecule has 0 radical (unpaired) electrons.